The summed E-state index contributed by atoms with van der Waals surface area (Å²) in [6, 6.07) is 3.15. The van der Waals surface area contributed by atoms with Crippen LogP contribution < -0.4 is 4.74 Å². The summed E-state index contributed by atoms with van der Waals surface area (Å²) in [6.07, 6.45) is 2.50. The molecule has 3 nitrogen and oxygen atoms in total. The van der Waals surface area contributed by atoms with E-state index in [0.29, 0.717) is 0 Å². The van der Waals surface area contributed by atoms with Gasteiger partial charge in [0.25, 0.3) is 5.95 Å². The Balaban J connectivity index is 2.50. The predicted octanol–water partition coefficient (Wildman–Crippen LogP) is 1.94. The fraction of sp³-hybridized carbons (Fsp3) is 0. The highest BCUT2D eigenvalue weighted by atomic mass is 35.5. The van der Waals surface area contributed by atoms with E-state index in [9.17, 15) is 4.79 Å². The molecular weight excluding hydrogens is 168 g/mol. The summed E-state index contributed by atoms with van der Waals surface area (Å²) in [4.78, 5) is 10.7. The molecule has 0 radical (unpaired) electrons. The number of carbonyl (C=O) groups is 1. The standard InChI is InChI=1S/C7H5ClO3/c8-4-3-6(9)11-7-2-1-5-10-7/h1-5H. The van der Waals surface area contributed by atoms with Crippen LogP contribution in [0.5, 0.6) is 5.95 Å². The normalized spacial score (nSPS) is 10.3. The third-order valence-electron chi connectivity index (χ3n) is 0.895. The molecule has 0 aliphatic rings. The Labute approximate surface area is 68.2 Å². The van der Waals surface area contributed by atoms with Crippen LogP contribution in [0.1, 0.15) is 0 Å². The van der Waals surface area contributed by atoms with E-state index < -0.39 is 5.97 Å². The van der Waals surface area contributed by atoms with Crippen molar-refractivity contribution in [3.05, 3.63) is 30.0 Å². The zero-order valence-corrected chi connectivity index (χ0v) is 6.25. The lowest BCUT2D eigenvalue weighted by Gasteiger charge is -1.92. The topological polar surface area (TPSA) is 39.4 Å². The first-order chi connectivity index (χ1) is 5.33. The van der Waals surface area contributed by atoms with E-state index in [4.69, 9.17) is 16.0 Å². The lowest BCUT2D eigenvalue weighted by molar-refractivity contribution is -0.130. The van der Waals surface area contributed by atoms with Gasteiger partial charge in [0.15, 0.2) is 0 Å². The quantitative estimate of drug-likeness (QED) is 0.506. The van der Waals surface area contributed by atoms with Crippen LogP contribution in [0.2, 0.25) is 0 Å². The SMILES string of the molecule is O=C(C=CCl)Oc1ccco1. The fourth-order valence-electron chi connectivity index (χ4n) is 0.506. The van der Waals surface area contributed by atoms with Crippen molar-refractivity contribution in [2.75, 3.05) is 0 Å². The van der Waals surface area contributed by atoms with Gasteiger partial charge in [-0.05, 0) is 6.07 Å². The maximum atomic E-state index is 10.7. The minimum atomic E-state index is -0.560. The van der Waals surface area contributed by atoms with Gasteiger partial charge in [-0.3, -0.25) is 0 Å². The molecule has 0 saturated carbocycles. The van der Waals surface area contributed by atoms with Crippen molar-refractivity contribution in [1.82, 2.24) is 0 Å². The van der Waals surface area contributed by atoms with Crippen LogP contribution in [-0.2, 0) is 4.79 Å². The van der Waals surface area contributed by atoms with Crippen molar-refractivity contribution in [2.45, 2.75) is 0 Å². The molecule has 0 fully saturated rings. The molecule has 1 aromatic rings. The number of carbonyl (C=O) groups excluding carboxylic acids is 1. The summed E-state index contributed by atoms with van der Waals surface area (Å²) in [6.45, 7) is 0. The zero-order chi connectivity index (χ0) is 8.10. The molecule has 0 amide bonds. The Bertz CT molecular complexity index is 251. The van der Waals surface area contributed by atoms with Crippen LogP contribution in [-0.4, -0.2) is 5.97 Å². The molecule has 0 aromatic carbocycles. The minimum absolute atomic E-state index is 0.157. The number of hydrogen-bond donors (Lipinski definition) is 0. The molecule has 1 heterocycles. The van der Waals surface area contributed by atoms with E-state index >= 15 is 0 Å². The molecule has 0 bridgehead atoms. The van der Waals surface area contributed by atoms with Gasteiger partial charge in [-0.1, -0.05) is 11.6 Å². The van der Waals surface area contributed by atoms with Crippen molar-refractivity contribution < 1.29 is 13.9 Å². The average molecular weight is 173 g/mol. The first-order valence-corrected chi connectivity index (χ1v) is 3.28. The van der Waals surface area contributed by atoms with Crippen molar-refractivity contribution >= 4 is 17.6 Å². The smallest absolute Gasteiger partial charge is 0.339 e. The molecule has 1 rings (SSSR count). The number of esters is 1. The van der Waals surface area contributed by atoms with Gasteiger partial charge in [-0.25, -0.2) is 4.79 Å². The molecule has 0 aliphatic carbocycles. The summed E-state index contributed by atoms with van der Waals surface area (Å²) in [5, 5.41) is 0. The maximum absolute atomic E-state index is 10.7. The van der Waals surface area contributed by atoms with Crippen LogP contribution in [0.4, 0.5) is 0 Å². The Morgan fingerprint density at radius 3 is 3.09 bits per heavy atom. The highest BCUT2D eigenvalue weighted by Crippen LogP contribution is 2.09. The van der Waals surface area contributed by atoms with Gasteiger partial charge < -0.3 is 9.15 Å². The second kappa shape index (κ2) is 3.83. The van der Waals surface area contributed by atoms with Gasteiger partial charge in [0.2, 0.25) is 0 Å². The van der Waals surface area contributed by atoms with Gasteiger partial charge in [-0.15, -0.1) is 0 Å². The van der Waals surface area contributed by atoms with E-state index in [2.05, 4.69) is 4.74 Å². The summed E-state index contributed by atoms with van der Waals surface area (Å²) in [5.41, 5.74) is 1.07. The van der Waals surface area contributed by atoms with E-state index in [0.717, 1.165) is 11.6 Å². The Morgan fingerprint density at radius 2 is 2.55 bits per heavy atom. The minimum Gasteiger partial charge on any atom is -0.434 e. The molecule has 58 valence electrons. The third-order valence-corrected chi connectivity index (χ3v) is 1.02. The van der Waals surface area contributed by atoms with Crippen molar-refractivity contribution in [1.29, 1.82) is 0 Å². The summed E-state index contributed by atoms with van der Waals surface area (Å²) >= 11 is 5.12. The number of rotatable bonds is 2. The largest absolute Gasteiger partial charge is 0.434 e. The second-order valence-electron chi connectivity index (χ2n) is 1.65. The van der Waals surface area contributed by atoms with Crippen molar-refractivity contribution in [3.8, 4) is 5.95 Å². The first kappa shape index (κ1) is 7.88. The van der Waals surface area contributed by atoms with Gasteiger partial charge in [0.1, 0.15) is 0 Å². The molecule has 0 saturated heterocycles. The van der Waals surface area contributed by atoms with Crippen LogP contribution in [0.25, 0.3) is 0 Å². The molecule has 1 aromatic heterocycles. The molecule has 11 heavy (non-hydrogen) atoms. The van der Waals surface area contributed by atoms with E-state index in [1.54, 1.807) is 6.07 Å². The molecule has 0 N–H and O–H groups in total. The summed E-state index contributed by atoms with van der Waals surface area (Å²) in [5.74, 6) is -0.403. The molecule has 0 unspecified atom stereocenters. The van der Waals surface area contributed by atoms with Gasteiger partial charge >= 0.3 is 5.97 Å². The van der Waals surface area contributed by atoms with Crippen LogP contribution in [0, 0.1) is 0 Å². The average Bonchev–Trinajstić information content (AvgIpc) is 2.40. The summed E-state index contributed by atoms with van der Waals surface area (Å²) < 4.78 is 9.35. The third kappa shape index (κ3) is 2.47. The van der Waals surface area contributed by atoms with Gasteiger partial charge in [-0.2, -0.15) is 0 Å². The van der Waals surface area contributed by atoms with E-state index in [-0.39, 0.29) is 5.95 Å². The van der Waals surface area contributed by atoms with E-state index in [1.165, 1.54) is 12.3 Å². The Morgan fingerprint density at radius 1 is 1.73 bits per heavy atom. The summed E-state index contributed by atoms with van der Waals surface area (Å²) in [7, 11) is 0. The van der Waals surface area contributed by atoms with Gasteiger partial charge in [0.05, 0.1) is 6.26 Å². The molecule has 0 atom stereocenters. The zero-order valence-electron chi connectivity index (χ0n) is 5.49. The first-order valence-electron chi connectivity index (χ1n) is 2.85. The Hall–Kier alpha value is -1.22. The predicted molar refractivity (Wildman–Crippen MR) is 39.3 cm³/mol. The molecular formula is C7H5ClO3. The molecule has 0 spiro atoms. The van der Waals surface area contributed by atoms with E-state index in [1.807, 2.05) is 0 Å². The fourth-order valence-corrected chi connectivity index (χ4v) is 0.609. The molecule has 0 aliphatic heterocycles. The van der Waals surface area contributed by atoms with Crippen molar-refractivity contribution in [3.63, 3.8) is 0 Å². The number of ether oxygens (including phenoxy) is 1. The number of hydrogen-bond acceptors (Lipinski definition) is 3. The Kier molecular flexibility index (Phi) is 2.74. The van der Waals surface area contributed by atoms with Gasteiger partial charge in [0, 0.05) is 17.7 Å². The lowest BCUT2D eigenvalue weighted by Crippen LogP contribution is -2.01. The van der Waals surface area contributed by atoms with Crippen LogP contribution >= 0.6 is 11.6 Å². The van der Waals surface area contributed by atoms with Crippen molar-refractivity contribution in [2.24, 2.45) is 0 Å². The van der Waals surface area contributed by atoms with Crippen LogP contribution in [0.3, 0.4) is 0 Å². The van der Waals surface area contributed by atoms with Crippen LogP contribution in [0.15, 0.2) is 34.4 Å². The second-order valence-corrected chi connectivity index (χ2v) is 1.90. The molecule has 4 heteroatoms. The lowest BCUT2D eigenvalue weighted by atomic mass is 10.6. The highest BCUT2D eigenvalue weighted by Gasteiger charge is 2.00. The maximum Gasteiger partial charge on any atom is 0.339 e. The number of furan rings is 1. The highest BCUT2D eigenvalue weighted by molar-refractivity contribution is 6.26. The monoisotopic (exact) mass is 172 g/mol. The number of halogens is 1.